The van der Waals surface area contributed by atoms with E-state index in [9.17, 15) is 4.39 Å². The summed E-state index contributed by atoms with van der Waals surface area (Å²) in [6.45, 7) is 0.519. The number of aromatic nitrogens is 3. The molecule has 0 aliphatic rings. The van der Waals surface area contributed by atoms with Gasteiger partial charge in [-0.1, -0.05) is 5.16 Å². The van der Waals surface area contributed by atoms with Crippen molar-refractivity contribution >= 4 is 0 Å². The van der Waals surface area contributed by atoms with Gasteiger partial charge in [0, 0.05) is 0 Å². The van der Waals surface area contributed by atoms with E-state index in [2.05, 4.69) is 20.4 Å². The predicted molar refractivity (Wildman–Crippen MR) is 50.3 cm³/mol. The second-order valence-corrected chi connectivity index (χ2v) is 2.91. The van der Waals surface area contributed by atoms with Crippen LogP contribution in [0.3, 0.4) is 0 Å². The number of halogens is 1. The third-order valence-corrected chi connectivity index (χ3v) is 1.75. The Hall–Kier alpha value is -1.82. The average Bonchev–Trinajstić information content (AvgIpc) is 2.68. The number of nitrogens with one attached hydrogen (secondary N) is 1. The minimum Gasteiger partial charge on any atom is -0.332 e. The van der Waals surface area contributed by atoms with Gasteiger partial charge in [-0.25, -0.2) is 9.37 Å². The van der Waals surface area contributed by atoms with Crippen molar-refractivity contribution in [3.8, 4) is 11.6 Å². The first-order valence-electron chi connectivity index (χ1n) is 4.38. The van der Waals surface area contributed by atoms with Gasteiger partial charge in [0.25, 0.3) is 5.89 Å². The maximum Gasteiger partial charge on any atom is 0.276 e. The Morgan fingerprint density at radius 2 is 2.33 bits per heavy atom. The molecule has 0 saturated carbocycles. The van der Waals surface area contributed by atoms with Gasteiger partial charge in [0.05, 0.1) is 12.7 Å². The molecule has 6 heteroatoms. The summed E-state index contributed by atoms with van der Waals surface area (Å²) in [6, 6.07) is 2.79. The standard InChI is InChI=1S/C9H9FN4O/c1-11-5-8-13-9(15-14-8)7-3-2-6(10)4-12-7/h2-4,11H,5H2,1H3. The summed E-state index contributed by atoms with van der Waals surface area (Å²) in [4.78, 5) is 7.90. The van der Waals surface area contributed by atoms with E-state index in [-0.39, 0.29) is 0 Å². The van der Waals surface area contributed by atoms with Crippen molar-refractivity contribution < 1.29 is 8.91 Å². The maximum absolute atomic E-state index is 12.6. The maximum atomic E-state index is 12.6. The number of hydrogen-bond acceptors (Lipinski definition) is 5. The SMILES string of the molecule is CNCc1noc(-c2ccc(F)cn2)n1. The molecule has 78 valence electrons. The Kier molecular flexibility index (Phi) is 2.68. The van der Waals surface area contributed by atoms with Gasteiger partial charge in [-0.15, -0.1) is 0 Å². The van der Waals surface area contributed by atoms with E-state index in [0.29, 0.717) is 24.0 Å². The van der Waals surface area contributed by atoms with Gasteiger partial charge in [0.1, 0.15) is 11.5 Å². The van der Waals surface area contributed by atoms with Gasteiger partial charge in [-0.2, -0.15) is 4.98 Å². The number of pyridine rings is 1. The number of hydrogen-bond donors (Lipinski definition) is 1. The topological polar surface area (TPSA) is 63.8 Å². The van der Waals surface area contributed by atoms with Crippen LogP contribution in [0.4, 0.5) is 4.39 Å². The lowest BCUT2D eigenvalue weighted by Crippen LogP contribution is -2.06. The number of rotatable bonds is 3. The van der Waals surface area contributed by atoms with Crippen LogP contribution in [-0.2, 0) is 6.54 Å². The highest BCUT2D eigenvalue weighted by Gasteiger charge is 2.08. The molecule has 0 radical (unpaired) electrons. The van der Waals surface area contributed by atoms with E-state index in [1.807, 2.05) is 0 Å². The molecule has 2 aromatic rings. The van der Waals surface area contributed by atoms with E-state index >= 15 is 0 Å². The van der Waals surface area contributed by atoms with Crippen molar-refractivity contribution in [1.82, 2.24) is 20.4 Å². The zero-order valence-corrected chi connectivity index (χ0v) is 8.07. The molecule has 0 fully saturated rings. The Bertz CT molecular complexity index is 440. The third kappa shape index (κ3) is 2.16. The minimum absolute atomic E-state index is 0.292. The van der Waals surface area contributed by atoms with Gasteiger partial charge in [-0.3, -0.25) is 0 Å². The lowest BCUT2D eigenvalue weighted by Gasteiger charge is -1.91. The van der Waals surface area contributed by atoms with Crippen LogP contribution in [0, 0.1) is 5.82 Å². The quantitative estimate of drug-likeness (QED) is 0.814. The fraction of sp³-hybridized carbons (Fsp3) is 0.222. The summed E-state index contributed by atoms with van der Waals surface area (Å²) >= 11 is 0. The Morgan fingerprint density at radius 1 is 1.47 bits per heavy atom. The van der Waals surface area contributed by atoms with Crippen LogP contribution in [0.1, 0.15) is 5.82 Å². The molecule has 0 unspecified atom stereocenters. The summed E-state index contributed by atoms with van der Waals surface area (Å²) in [7, 11) is 1.78. The van der Waals surface area contributed by atoms with Crippen LogP contribution < -0.4 is 5.32 Å². The van der Waals surface area contributed by atoms with Crippen LogP contribution in [0.15, 0.2) is 22.9 Å². The Morgan fingerprint density at radius 3 is 3.00 bits per heavy atom. The van der Waals surface area contributed by atoms with Gasteiger partial charge in [-0.05, 0) is 19.2 Å². The van der Waals surface area contributed by atoms with E-state index in [1.54, 1.807) is 7.05 Å². The fourth-order valence-corrected chi connectivity index (χ4v) is 1.09. The first kappa shape index (κ1) is 9.72. The van der Waals surface area contributed by atoms with Gasteiger partial charge >= 0.3 is 0 Å². The zero-order chi connectivity index (χ0) is 10.7. The zero-order valence-electron chi connectivity index (χ0n) is 8.07. The molecular formula is C9H9FN4O. The van der Waals surface area contributed by atoms with Crippen LogP contribution >= 0.6 is 0 Å². The van der Waals surface area contributed by atoms with Gasteiger partial charge in [0.15, 0.2) is 5.82 Å². The highest BCUT2D eigenvalue weighted by molar-refractivity contribution is 5.45. The van der Waals surface area contributed by atoms with Crippen LogP contribution in [0.25, 0.3) is 11.6 Å². The molecule has 5 nitrogen and oxygen atoms in total. The summed E-state index contributed by atoms with van der Waals surface area (Å²) < 4.78 is 17.5. The molecule has 0 amide bonds. The van der Waals surface area contributed by atoms with Crippen molar-refractivity contribution in [2.24, 2.45) is 0 Å². The molecule has 0 bridgehead atoms. The smallest absolute Gasteiger partial charge is 0.276 e. The van der Waals surface area contributed by atoms with E-state index in [0.717, 1.165) is 6.20 Å². The van der Waals surface area contributed by atoms with Crippen molar-refractivity contribution in [1.29, 1.82) is 0 Å². The summed E-state index contributed by atoms with van der Waals surface area (Å²) in [6.07, 6.45) is 1.11. The molecular weight excluding hydrogens is 199 g/mol. The second kappa shape index (κ2) is 4.14. The first-order valence-corrected chi connectivity index (χ1v) is 4.38. The average molecular weight is 208 g/mol. The first-order chi connectivity index (χ1) is 7.29. The summed E-state index contributed by atoms with van der Waals surface area (Å²) in [5.41, 5.74) is 0.464. The summed E-state index contributed by atoms with van der Waals surface area (Å²) in [5, 5.41) is 6.61. The highest BCUT2D eigenvalue weighted by Crippen LogP contribution is 2.13. The molecule has 2 aromatic heterocycles. The molecule has 0 spiro atoms. The molecule has 0 aliphatic carbocycles. The lowest BCUT2D eigenvalue weighted by molar-refractivity contribution is 0.419. The lowest BCUT2D eigenvalue weighted by atomic mass is 10.3. The molecule has 2 rings (SSSR count). The molecule has 0 saturated heterocycles. The second-order valence-electron chi connectivity index (χ2n) is 2.91. The van der Waals surface area contributed by atoms with Crippen molar-refractivity contribution in [3.05, 3.63) is 30.0 Å². The third-order valence-electron chi connectivity index (χ3n) is 1.75. The van der Waals surface area contributed by atoms with Crippen molar-refractivity contribution in [2.45, 2.75) is 6.54 Å². The van der Waals surface area contributed by atoms with E-state index < -0.39 is 5.82 Å². The predicted octanol–water partition coefficient (Wildman–Crippen LogP) is 0.990. The molecule has 2 heterocycles. The molecule has 1 N–H and O–H groups in total. The van der Waals surface area contributed by atoms with Crippen molar-refractivity contribution in [3.63, 3.8) is 0 Å². The largest absolute Gasteiger partial charge is 0.332 e. The molecule has 15 heavy (non-hydrogen) atoms. The van der Waals surface area contributed by atoms with Gasteiger partial charge < -0.3 is 9.84 Å². The van der Waals surface area contributed by atoms with Crippen molar-refractivity contribution in [2.75, 3.05) is 7.05 Å². The van der Waals surface area contributed by atoms with Crippen LogP contribution in [0.2, 0.25) is 0 Å². The van der Waals surface area contributed by atoms with Crippen LogP contribution in [0.5, 0.6) is 0 Å². The molecule has 0 aromatic carbocycles. The highest BCUT2D eigenvalue weighted by atomic mass is 19.1. The number of nitrogens with zero attached hydrogens (tertiary/aromatic N) is 3. The van der Waals surface area contributed by atoms with Gasteiger partial charge in [0.2, 0.25) is 0 Å². The monoisotopic (exact) mass is 208 g/mol. The molecule has 0 aliphatic heterocycles. The normalized spacial score (nSPS) is 10.5. The summed E-state index contributed by atoms with van der Waals surface area (Å²) in [5.74, 6) is 0.438. The fourth-order valence-electron chi connectivity index (χ4n) is 1.09. The van der Waals surface area contributed by atoms with E-state index in [4.69, 9.17) is 4.52 Å². The Labute approximate surface area is 85.3 Å². The van der Waals surface area contributed by atoms with Crippen LogP contribution in [-0.4, -0.2) is 22.2 Å². The van der Waals surface area contributed by atoms with E-state index in [1.165, 1.54) is 12.1 Å². The molecule has 0 atom stereocenters. The Balaban J connectivity index is 2.25. The minimum atomic E-state index is -0.395.